The number of phenols is 2. The van der Waals surface area contributed by atoms with E-state index in [1.165, 1.54) is 0 Å². The van der Waals surface area contributed by atoms with E-state index >= 15 is 0 Å². The number of aromatic nitrogens is 2. The van der Waals surface area contributed by atoms with Crippen molar-refractivity contribution in [2.45, 2.75) is 0 Å². The van der Waals surface area contributed by atoms with E-state index in [1.807, 2.05) is 91.0 Å². The Morgan fingerprint density at radius 2 is 1.41 bits per heavy atom. The van der Waals surface area contributed by atoms with Crippen molar-refractivity contribution >= 4 is 44.5 Å². The number of phenolic OH excluding ortho intramolecular Hbond substituents is 2. The molecule has 2 aromatic heterocycles. The second-order valence-electron chi connectivity index (χ2n) is 9.43. The molecule has 0 fully saturated rings. The first kappa shape index (κ1) is 22.8. The molecule has 5 aromatic carbocycles. The fourth-order valence-corrected chi connectivity index (χ4v) is 5.28. The van der Waals surface area contributed by atoms with Crippen LogP contribution in [0, 0.1) is 0 Å². The largest absolute Gasteiger partial charge is 0.507 e. The zero-order valence-electron chi connectivity index (χ0n) is 20.9. The van der Waals surface area contributed by atoms with Crippen LogP contribution in [0.5, 0.6) is 11.5 Å². The molecule has 0 atom stereocenters. The highest BCUT2D eigenvalue weighted by atomic mass is 16.3. The minimum atomic E-state index is 0.156. The number of pyridine rings is 1. The Morgan fingerprint density at radius 1 is 0.641 bits per heavy atom. The first-order chi connectivity index (χ1) is 19.2. The van der Waals surface area contributed by atoms with Gasteiger partial charge in [-0.15, -0.1) is 0 Å². The minimum Gasteiger partial charge on any atom is -0.507 e. The van der Waals surface area contributed by atoms with E-state index in [1.54, 1.807) is 12.3 Å². The van der Waals surface area contributed by atoms with Crippen LogP contribution in [-0.4, -0.2) is 26.0 Å². The molecule has 2 heterocycles. The molecule has 0 saturated carbocycles. The molecule has 0 bridgehead atoms. The van der Waals surface area contributed by atoms with Gasteiger partial charge in [0.2, 0.25) is 0 Å². The summed E-state index contributed by atoms with van der Waals surface area (Å²) in [5.41, 5.74) is 5.64. The van der Waals surface area contributed by atoms with Crippen LogP contribution in [0.15, 0.2) is 126 Å². The van der Waals surface area contributed by atoms with Crippen LogP contribution in [0.1, 0.15) is 5.69 Å². The second kappa shape index (κ2) is 9.15. The van der Waals surface area contributed by atoms with Crippen LogP contribution in [0.3, 0.4) is 0 Å². The Kier molecular flexibility index (Phi) is 5.34. The zero-order valence-corrected chi connectivity index (χ0v) is 20.9. The maximum absolute atomic E-state index is 11.2. The van der Waals surface area contributed by atoms with Crippen LogP contribution >= 0.6 is 0 Å². The summed E-state index contributed by atoms with van der Waals surface area (Å²) in [6.45, 7) is 0. The lowest BCUT2D eigenvalue weighted by Crippen LogP contribution is -1.94. The standard InChI is InChI=1S/C34H23N3O2/c38-32-18-7-10-22-9-6-16-29(34(22)32)35-21-23-11-8-15-28(36-23)27-19-26-25-14-4-5-17-30(25)37(31(26)20-33(27)39)24-12-2-1-3-13-24/h1-21,38-39H. The molecule has 5 heteroatoms. The van der Waals surface area contributed by atoms with Crippen LogP contribution < -0.4 is 0 Å². The summed E-state index contributed by atoms with van der Waals surface area (Å²) in [5.74, 6) is 0.345. The Balaban J connectivity index is 1.34. The lowest BCUT2D eigenvalue weighted by Gasteiger charge is -2.09. The molecule has 5 nitrogen and oxygen atoms in total. The molecule has 2 N–H and O–H groups in total. The molecule has 186 valence electrons. The summed E-state index contributed by atoms with van der Waals surface area (Å²) in [7, 11) is 0. The van der Waals surface area contributed by atoms with E-state index in [4.69, 9.17) is 4.98 Å². The number of nitrogens with zero attached hydrogens (tertiary/aromatic N) is 3. The summed E-state index contributed by atoms with van der Waals surface area (Å²) in [6.07, 6.45) is 1.68. The number of hydrogen-bond acceptors (Lipinski definition) is 4. The molecule has 7 rings (SSSR count). The van der Waals surface area contributed by atoms with Crippen LogP contribution in [-0.2, 0) is 0 Å². The molecule has 0 aliphatic rings. The predicted octanol–water partition coefficient (Wildman–Crippen LogP) is 8.16. The van der Waals surface area contributed by atoms with Crippen molar-refractivity contribution in [3.05, 3.63) is 127 Å². The second-order valence-corrected chi connectivity index (χ2v) is 9.43. The third kappa shape index (κ3) is 3.88. The number of hydrogen-bond donors (Lipinski definition) is 2. The molecule has 0 radical (unpaired) electrons. The van der Waals surface area contributed by atoms with E-state index in [9.17, 15) is 10.2 Å². The van der Waals surface area contributed by atoms with Crippen molar-refractivity contribution in [1.29, 1.82) is 0 Å². The molecule has 0 aliphatic heterocycles. The number of aromatic hydroxyl groups is 2. The van der Waals surface area contributed by atoms with Gasteiger partial charge in [-0.3, -0.25) is 4.99 Å². The average Bonchev–Trinajstić information content (AvgIpc) is 3.29. The predicted molar refractivity (Wildman–Crippen MR) is 159 cm³/mol. The Hall–Kier alpha value is -5.42. The molecule has 0 aliphatic carbocycles. The van der Waals surface area contributed by atoms with Gasteiger partial charge in [0.1, 0.15) is 11.5 Å². The Morgan fingerprint density at radius 3 is 2.28 bits per heavy atom. The van der Waals surface area contributed by atoms with Gasteiger partial charge in [0.05, 0.1) is 34.3 Å². The maximum Gasteiger partial charge on any atom is 0.127 e. The highest BCUT2D eigenvalue weighted by molar-refractivity contribution is 6.11. The van der Waals surface area contributed by atoms with E-state index in [-0.39, 0.29) is 11.5 Å². The maximum atomic E-state index is 11.2. The summed E-state index contributed by atoms with van der Waals surface area (Å²) < 4.78 is 2.17. The Labute approximate surface area is 224 Å². The fourth-order valence-electron chi connectivity index (χ4n) is 5.28. The van der Waals surface area contributed by atoms with Crippen molar-refractivity contribution in [3.63, 3.8) is 0 Å². The molecule has 7 aromatic rings. The molecule has 0 saturated heterocycles. The number of benzene rings is 5. The van der Waals surface area contributed by atoms with Gasteiger partial charge in [0.25, 0.3) is 0 Å². The van der Waals surface area contributed by atoms with Crippen molar-refractivity contribution in [2.24, 2.45) is 4.99 Å². The lowest BCUT2D eigenvalue weighted by atomic mass is 10.0. The highest BCUT2D eigenvalue weighted by Crippen LogP contribution is 2.39. The molecular formula is C34H23N3O2. The summed E-state index contributed by atoms with van der Waals surface area (Å²) in [6, 6.07) is 39.1. The van der Waals surface area contributed by atoms with Crippen LogP contribution in [0.25, 0.3) is 49.5 Å². The van der Waals surface area contributed by atoms with Crippen molar-refractivity contribution < 1.29 is 10.2 Å². The van der Waals surface area contributed by atoms with E-state index in [0.29, 0.717) is 28.0 Å². The Bertz CT molecular complexity index is 2040. The number of para-hydroxylation sites is 2. The third-order valence-electron chi connectivity index (χ3n) is 7.05. The van der Waals surface area contributed by atoms with Crippen molar-refractivity contribution in [1.82, 2.24) is 9.55 Å². The molecule has 0 amide bonds. The number of rotatable bonds is 4. The van der Waals surface area contributed by atoms with E-state index < -0.39 is 0 Å². The SMILES string of the molecule is Oc1cc2c(cc1-c1cccc(C=Nc3cccc4cccc(O)c34)n1)c1ccccc1n2-c1ccccc1. The van der Waals surface area contributed by atoms with Gasteiger partial charge in [-0.2, -0.15) is 0 Å². The first-order valence-corrected chi connectivity index (χ1v) is 12.7. The quantitative estimate of drug-likeness (QED) is 0.237. The number of fused-ring (bicyclic) bond motifs is 4. The highest BCUT2D eigenvalue weighted by Gasteiger charge is 2.16. The van der Waals surface area contributed by atoms with Crippen LogP contribution in [0.4, 0.5) is 5.69 Å². The van der Waals surface area contributed by atoms with Crippen molar-refractivity contribution in [3.8, 4) is 28.4 Å². The fraction of sp³-hybridized carbons (Fsp3) is 0. The molecule has 0 spiro atoms. The molecule has 39 heavy (non-hydrogen) atoms. The number of aliphatic imine (C=N–C) groups is 1. The lowest BCUT2D eigenvalue weighted by molar-refractivity contribution is 0.477. The zero-order chi connectivity index (χ0) is 26.3. The monoisotopic (exact) mass is 505 g/mol. The summed E-state index contributed by atoms with van der Waals surface area (Å²) in [4.78, 5) is 9.43. The van der Waals surface area contributed by atoms with Gasteiger partial charge in [-0.05, 0) is 53.9 Å². The van der Waals surface area contributed by atoms with Gasteiger partial charge < -0.3 is 14.8 Å². The molecular weight excluding hydrogens is 482 g/mol. The van der Waals surface area contributed by atoms with Gasteiger partial charge in [0, 0.05) is 33.5 Å². The van der Waals surface area contributed by atoms with Gasteiger partial charge >= 0.3 is 0 Å². The minimum absolute atomic E-state index is 0.156. The summed E-state index contributed by atoms with van der Waals surface area (Å²) in [5, 5.41) is 25.3. The smallest absolute Gasteiger partial charge is 0.127 e. The van der Waals surface area contributed by atoms with Gasteiger partial charge in [0.15, 0.2) is 0 Å². The van der Waals surface area contributed by atoms with Crippen molar-refractivity contribution in [2.75, 3.05) is 0 Å². The topological polar surface area (TPSA) is 70.6 Å². The average molecular weight is 506 g/mol. The van der Waals surface area contributed by atoms with E-state index in [0.717, 1.165) is 32.9 Å². The normalized spacial score (nSPS) is 11.7. The molecule has 0 unspecified atom stereocenters. The van der Waals surface area contributed by atoms with E-state index in [2.05, 4.69) is 33.8 Å². The van der Waals surface area contributed by atoms with Gasteiger partial charge in [-0.1, -0.05) is 66.7 Å². The van der Waals surface area contributed by atoms with Crippen LogP contribution in [0.2, 0.25) is 0 Å². The third-order valence-corrected chi connectivity index (χ3v) is 7.05. The first-order valence-electron chi connectivity index (χ1n) is 12.7. The van der Waals surface area contributed by atoms with Gasteiger partial charge in [-0.25, -0.2) is 4.98 Å². The summed E-state index contributed by atoms with van der Waals surface area (Å²) >= 11 is 0.